The summed E-state index contributed by atoms with van der Waals surface area (Å²) in [4.78, 5) is 4.57. The van der Waals surface area contributed by atoms with Gasteiger partial charge in [0.15, 0.2) is 0 Å². The van der Waals surface area contributed by atoms with Gasteiger partial charge >= 0.3 is 0 Å². The first-order chi connectivity index (χ1) is 8.28. The molecule has 0 saturated carbocycles. The smallest absolute Gasteiger partial charge is 0.110 e. The van der Waals surface area contributed by atoms with E-state index in [9.17, 15) is 0 Å². The Morgan fingerprint density at radius 1 is 1.47 bits per heavy atom. The predicted octanol–water partition coefficient (Wildman–Crippen LogP) is 2.19. The fraction of sp³-hybridized carbons (Fsp3) is 0.615. The van der Waals surface area contributed by atoms with Crippen molar-refractivity contribution in [3.8, 4) is 6.07 Å². The minimum atomic E-state index is 0.515. The number of thiophene rings is 1. The maximum absolute atomic E-state index is 8.75. The zero-order chi connectivity index (χ0) is 12.1. The average Bonchev–Trinajstić information content (AvgIpc) is 2.96. The van der Waals surface area contributed by atoms with E-state index in [1.54, 1.807) is 11.3 Å². The molecule has 0 aliphatic carbocycles. The summed E-state index contributed by atoms with van der Waals surface area (Å²) in [6, 6.07) is 6.63. The van der Waals surface area contributed by atoms with Crippen LogP contribution in [0.3, 0.4) is 0 Å². The molecule has 0 aromatic carbocycles. The van der Waals surface area contributed by atoms with Crippen molar-refractivity contribution in [2.75, 3.05) is 19.6 Å². The van der Waals surface area contributed by atoms with Crippen molar-refractivity contribution in [1.82, 2.24) is 10.2 Å². The van der Waals surface area contributed by atoms with Crippen molar-refractivity contribution in [1.29, 1.82) is 5.26 Å². The number of likely N-dealkylation sites (tertiary alicyclic amines) is 1. The number of hydrogen-bond donors (Lipinski definition) is 1. The van der Waals surface area contributed by atoms with Gasteiger partial charge < -0.3 is 10.2 Å². The van der Waals surface area contributed by atoms with Crippen LogP contribution in [0.15, 0.2) is 12.1 Å². The molecular weight excluding hydrogens is 230 g/mol. The number of nitriles is 1. The molecule has 1 fully saturated rings. The topological polar surface area (TPSA) is 39.1 Å². The summed E-state index contributed by atoms with van der Waals surface area (Å²) >= 11 is 1.58. The largest absolute Gasteiger partial charge is 0.308 e. The Morgan fingerprint density at radius 3 is 2.88 bits per heavy atom. The van der Waals surface area contributed by atoms with Crippen molar-refractivity contribution in [3.05, 3.63) is 21.9 Å². The highest BCUT2D eigenvalue weighted by molar-refractivity contribution is 7.12. The Kier molecular flexibility index (Phi) is 4.55. The minimum Gasteiger partial charge on any atom is -0.308 e. The predicted molar refractivity (Wildman–Crippen MR) is 71.0 cm³/mol. The molecule has 17 heavy (non-hydrogen) atoms. The molecule has 2 heterocycles. The third-order valence-electron chi connectivity index (χ3n) is 3.13. The van der Waals surface area contributed by atoms with Gasteiger partial charge in [0.25, 0.3) is 0 Å². The van der Waals surface area contributed by atoms with Gasteiger partial charge in [0.2, 0.25) is 0 Å². The molecule has 1 N–H and O–H groups in total. The first-order valence-corrected chi connectivity index (χ1v) is 7.04. The Morgan fingerprint density at radius 2 is 2.24 bits per heavy atom. The van der Waals surface area contributed by atoms with Crippen molar-refractivity contribution in [2.24, 2.45) is 0 Å². The zero-order valence-electron chi connectivity index (χ0n) is 10.3. The molecular formula is C13H19N3S. The number of hydrogen-bond acceptors (Lipinski definition) is 4. The monoisotopic (exact) mass is 249 g/mol. The van der Waals surface area contributed by atoms with Crippen molar-refractivity contribution < 1.29 is 0 Å². The Hall–Kier alpha value is -0.890. The van der Waals surface area contributed by atoms with Crippen LogP contribution in [-0.2, 0) is 6.54 Å². The summed E-state index contributed by atoms with van der Waals surface area (Å²) in [6.45, 7) is 6.75. The maximum atomic E-state index is 8.75. The van der Waals surface area contributed by atoms with Crippen LogP contribution in [0, 0.1) is 11.3 Å². The average molecular weight is 249 g/mol. The van der Waals surface area contributed by atoms with Crippen LogP contribution < -0.4 is 5.32 Å². The van der Waals surface area contributed by atoms with Crippen LogP contribution in [0.4, 0.5) is 0 Å². The number of rotatable bonds is 5. The molecule has 1 aliphatic rings. The van der Waals surface area contributed by atoms with Crippen LogP contribution in [0.2, 0.25) is 0 Å². The van der Waals surface area contributed by atoms with Gasteiger partial charge in [0.05, 0.1) is 0 Å². The fourth-order valence-corrected chi connectivity index (χ4v) is 2.98. The summed E-state index contributed by atoms with van der Waals surface area (Å²) in [6.07, 6.45) is 2.70. The third-order valence-corrected chi connectivity index (χ3v) is 4.12. The molecule has 92 valence electrons. The Bertz CT molecular complexity index is 388. The molecule has 2 rings (SSSR count). The lowest BCUT2D eigenvalue weighted by atomic mass is 10.3. The minimum absolute atomic E-state index is 0.515. The van der Waals surface area contributed by atoms with Gasteiger partial charge in [-0.2, -0.15) is 5.26 Å². The Balaban J connectivity index is 1.71. The second-order valence-electron chi connectivity index (χ2n) is 4.67. The van der Waals surface area contributed by atoms with E-state index in [0.717, 1.165) is 18.0 Å². The third kappa shape index (κ3) is 3.81. The van der Waals surface area contributed by atoms with Gasteiger partial charge in [-0.3, -0.25) is 0 Å². The second kappa shape index (κ2) is 6.15. The molecule has 1 aromatic heterocycles. The van der Waals surface area contributed by atoms with E-state index >= 15 is 0 Å². The van der Waals surface area contributed by atoms with E-state index < -0.39 is 0 Å². The second-order valence-corrected chi connectivity index (χ2v) is 5.84. The lowest BCUT2D eigenvalue weighted by Crippen LogP contribution is -2.37. The summed E-state index contributed by atoms with van der Waals surface area (Å²) in [7, 11) is 0. The van der Waals surface area contributed by atoms with Crippen LogP contribution in [0.25, 0.3) is 0 Å². The van der Waals surface area contributed by atoms with E-state index in [2.05, 4.69) is 23.2 Å². The van der Waals surface area contributed by atoms with Gasteiger partial charge in [-0.1, -0.05) is 0 Å². The molecule has 3 nitrogen and oxygen atoms in total. The fourth-order valence-electron chi connectivity index (χ4n) is 2.22. The van der Waals surface area contributed by atoms with E-state index in [0.29, 0.717) is 6.04 Å². The molecule has 4 heteroatoms. The molecule has 1 aromatic rings. The van der Waals surface area contributed by atoms with Gasteiger partial charge in [-0.05, 0) is 45.0 Å². The maximum Gasteiger partial charge on any atom is 0.110 e. The molecule has 1 atom stereocenters. The van der Waals surface area contributed by atoms with E-state index in [1.165, 1.54) is 30.8 Å². The lowest BCUT2D eigenvalue weighted by molar-refractivity contribution is 0.298. The summed E-state index contributed by atoms with van der Waals surface area (Å²) in [5, 5.41) is 12.3. The quantitative estimate of drug-likeness (QED) is 0.869. The summed E-state index contributed by atoms with van der Waals surface area (Å²) in [5.74, 6) is 0. The van der Waals surface area contributed by atoms with Gasteiger partial charge in [0.1, 0.15) is 10.9 Å². The normalized spacial score (nSPS) is 18.1. The first kappa shape index (κ1) is 12.6. The van der Waals surface area contributed by atoms with Gasteiger partial charge in [-0.15, -0.1) is 11.3 Å². The molecule has 0 radical (unpaired) electrons. The lowest BCUT2D eigenvalue weighted by Gasteiger charge is -2.20. The first-order valence-electron chi connectivity index (χ1n) is 6.22. The van der Waals surface area contributed by atoms with Crippen molar-refractivity contribution in [2.45, 2.75) is 32.4 Å². The molecule has 0 amide bonds. The van der Waals surface area contributed by atoms with E-state index in [1.807, 2.05) is 12.1 Å². The summed E-state index contributed by atoms with van der Waals surface area (Å²) < 4.78 is 0. The van der Waals surface area contributed by atoms with Gasteiger partial charge in [-0.25, -0.2) is 0 Å². The van der Waals surface area contributed by atoms with E-state index in [-0.39, 0.29) is 0 Å². The number of nitrogens with one attached hydrogen (secondary N) is 1. The summed E-state index contributed by atoms with van der Waals surface area (Å²) in [5.41, 5.74) is 0. The SMILES string of the molecule is CC(CN1CCCC1)NCc1ccc(C#N)s1. The Labute approximate surface area is 107 Å². The molecule has 0 spiro atoms. The highest BCUT2D eigenvalue weighted by Crippen LogP contribution is 2.15. The molecule has 1 aliphatic heterocycles. The highest BCUT2D eigenvalue weighted by atomic mass is 32.1. The van der Waals surface area contributed by atoms with E-state index in [4.69, 9.17) is 5.26 Å². The van der Waals surface area contributed by atoms with Crippen molar-refractivity contribution in [3.63, 3.8) is 0 Å². The van der Waals surface area contributed by atoms with Crippen LogP contribution >= 0.6 is 11.3 Å². The number of nitrogens with zero attached hydrogens (tertiary/aromatic N) is 2. The van der Waals surface area contributed by atoms with Crippen LogP contribution in [-0.4, -0.2) is 30.6 Å². The van der Waals surface area contributed by atoms with Crippen LogP contribution in [0.1, 0.15) is 29.5 Å². The molecule has 1 saturated heterocycles. The van der Waals surface area contributed by atoms with Crippen LogP contribution in [0.5, 0.6) is 0 Å². The highest BCUT2D eigenvalue weighted by Gasteiger charge is 2.14. The van der Waals surface area contributed by atoms with Gasteiger partial charge in [0, 0.05) is 24.0 Å². The standard InChI is InChI=1S/C13H19N3S/c1-11(10-16-6-2-3-7-16)15-9-13-5-4-12(8-14)17-13/h4-5,11,15H,2-3,6-7,9-10H2,1H3. The molecule has 1 unspecified atom stereocenters. The zero-order valence-corrected chi connectivity index (χ0v) is 11.1. The van der Waals surface area contributed by atoms with Crippen molar-refractivity contribution >= 4 is 11.3 Å². The molecule has 0 bridgehead atoms.